The van der Waals surface area contributed by atoms with Gasteiger partial charge in [-0.3, -0.25) is 4.79 Å². The van der Waals surface area contributed by atoms with Crippen LogP contribution in [0.15, 0.2) is 42.5 Å². The molecule has 0 bridgehead atoms. The monoisotopic (exact) mass is 367 g/mol. The van der Waals surface area contributed by atoms with Crippen molar-refractivity contribution in [2.45, 2.75) is 25.1 Å². The molecule has 136 valence electrons. The Morgan fingerprint density at radius 3 is 2.58 bits per heavy atom. The summed E-state index contributed by atoms with van der Waals surface area (Å²) in [5.41, 5.74) is -2.42. The van der Waals surface area contributed by atoms with Gasteiger partial charge in [0, 0.05) is 12.1 Å². The van der Waals surface area contributed by atoms with Gasteiger partial charge >= 0.3 is 12.1 Å². The van der Waals surface area contributed by atoms with E-state index >= 15 is 0 Å². The number of anilines is 1. The molecule has 4 nitrogen and oxygen atoms in total. The number of carbonyl (C=O) groups is 2. The maximum atomic E-state index is 13.3. The largest absolute Gasteiger partial charge is 0.445 e. The number of benzene rings is 2. The molecule has 0 radical (unpaired) electrons. The molecule has 1 atom stereocenters. The number of esters is 1. The SMILES string of the molecule is CC1(C(=O)Nc2ccc(F)c(C(F)(F)F)c2)Cc2ccccc2C(=O)O1. The molecule has 8 heteroatoms. The van der Waals surface area contributed by atoms with Crippen molar-refractivity contribution in [2.24, 2.45) is 0 Å². The minimum Gasteiger partial charge on any atom is -0.445 e. The predicted molar refractivity (Wildman–Crippen MR) is 84.0 cm³/mol. The number of alkyl halides is 3. The molecule has 0 spiro atoms. The molecular formula is C18H13F4NO3. The Morgan fingerprint density at radius 1 is 1.19 bits per heavy atom. The van der Waals surface area contributed by atoms with Crippen LogP contribution in [0.5, 0.6) is 0 Å². The average molecular weight is 367 g/mol. The summed E-state index contributed by atoms with van der Waals surface area (Å²) in [6.07, 6.45) is -4.83. The molecule has 1 aliphatic heterocycles. The van der Waals surface area contributed by atoms with Gasteiger partial charge in [0.2, 0.25) is 0 Å². The van der Waals surface area contributed by atoms with E-state index in [1.54, 1.807) is 24.3 Å². The van der Waals surface area contributed by atoms with Gasteiger partial charge in [-0.1, -0.05) is 18.2 Å². The molecule has 0 aliphatic carbocycles. The number of ether oxygens (including phenoxy) is 1. The number of carbonyl (C=O) groups excluding carboxylic acids is 2. The summed E-state index contributed by atoms with van der Waals surface area (Å²) in [5.74, 6) is -2.94. The zero-order valence-corrected chi connectivity index (χ0v) is 13.5. The second-order valence-electron chi connectivity index (χ2n) is 6.10. The van der Waals surface area contributed by atoms with E-state index in [-0.39, 0.29) is 12.1 Å². The van der Waals surface area contributed by atoms with E-state index in [9.17, 15) is 27.2 Å². The second kappa shape index (κ2) is 6.12. The first-order valence-corrected chi connectivity index (χ1v) is 7.59. The number of amides is 1. The molecule has 1 N–H and O–H groups in total. The number of hydrogen-bond acceptors (Lipinski definition) is 3. The van der Waals surface area contributed by atoms with Gasteiger partial charge in [0.25, 0.3) is 5.91 Å². The fourth-order valence-electron chi connectivity index (χ4n) is 2.74. The van der Waals surface area contributed by atoms with Crippen molar-refractivity contribution < 1.29 is 31.9 Å². The van der Waals surface area contributed by atoms with Crippen LogP contribution < -0.4 is 5.32 Å². The van der Waals surface area contributed by atoms with Gasteiger partial charge in [-0.05, 0) is 36.8 Å². The Bertz CT molecular complexity index is 894. The summed E-state index contributed by atoms with van der Waals surface area (Å²) in [6, 6.07) is 8.69. The van der Waals surface area contributed by atoms with Crippen LogP contribution in [0.2, 0.25) is 0 Å². The van der Waals surface area contributed by atoms with E-state index < -0.39 is 35.0 Å². The number of hydrogen-bond donors (Lipinski definition) is 1. The zero-order chi connectivity index (χ0) is 19.1. The highest BCUT2D eigenvalue weighted by molar-refractivity contribution is 6.02. The molecular weight excluding hydrogens is 354 g/mol. The summed E-state index contributed by atoms with van der Waals surface area (Å²) < 4.78 is 56.9. The molecule has 2 aromatic carbocycles. The number of nitrogens with one attached hydrogen (secondary N) is 1. The lowest BCUT2D eigenvalue weighted by Gasteiger charge is -2.33. The Morgan fingerprint density at radius 2 is 1.88 bits per heavy atom. The quantitative estimate of drug-likeness (QED) is 0.646. The van der Waals surface area contributed by atoms with Crippen LogP contribution in [-0.2, 0) is 22.1 Å². The smallest absolute Gasteiger partial charge is 0.419 e. The van der Waals surface area contributed by atoms with Crippen molar-refractivity contribution in [3.8, 4) is 0 Å². The minimum atomic E-state index is -4.90. The van der Waals surface area contributed by atoms with E-state index in [1.807, 2.05) is 0 Å². The topological polar surface area (TPSA) is 55.4 Å². The van der Waals surface area contributed by atoms with Crippen LogP contribution in [0.4, 0.5) is 23.2 Å². The van der Waals surface area contributed by atoms with Crippen LogP contribution in [0.1, 0.15) is 28.4 Å². The Labute approximate surface area is 145 Å². The number of rotatable bonds is 2. The van der Waals surface area contributed by atoms with Crippen molar-refractivity contribution in [2.75, 3.05) is 5.32 Å². The normalized spacial score (nSPS) is 19.5. The van der Waals surface area contributed by atoms with Crippen molar-refractivity contribution in [3.63, 3.8) is 0 Å². The summed E-state index contributed by atoms with van der Waals surface area (Å²) in [5, 5.41) is 2.26. The fourth-order valence-corrected chi connectivity index (χ4v) is 2.74. The van der Waals surface area contributed by atoms with E-state index in [4.69, 9.17) is 4.74 Å². The Balaban J connectivity index is 1.86. The maximum absolute atomic E-state index is 13.3. The third kappa shape index (κ3) is 3.26. The van der Waals surface area contributed by atoms with E-state index in [0.29, 0.717) is 23.3 Å². The molecule has 26 heavy (non-hydrogen) atoms. The highest BCUT2D eigenvalue weighted by atomic mass is 19.4. The number of cyclic esters (lactones) is 1. The Kier molecular flexibility index (Phi) is 4.21. The van der Waals surface area contributed by atoms with Crippen LogP contribution in [0.3, 0.4) is 0 Å². The van der Waals surface area contributed by atoms with Crippen molar-refractivity contribution in [3.05, 3.63) is 65.0 Å². The van der Waals surface area contributed by atoms with Gasteiger partial charge in [0.1, 0.15) is 5.82 Å². The van der Waals surface area contributed by atoms with Crippen LogP contribution in [0, 0.1) is 5.82 Å². The lowest BCUT2D eigenvalue weighted by molar-refractivity contribution is -0.140. The second-order valence-corrected chi connectivity index (χ2v) is 6.10. The van der Waals surface area contributed by atoms with Crippen molar-refractivity contribution in [1.29, 1.82) is 0 Å². The molecule has 1 aliphatic rings. The van der Waals surface area contributed by atoms with Gasteiger partial charge in [0.05, 0.1) is 11.1 Å². The van der Waals surface area contributed by atoms with E-state index in [2.05, 4.69) is 5.32 Å². The molecule has 2 aromatic rings. The lowest BCUT2D eigenvalue weighted by atomic mass is 9.89. The van der Waals surface area contributed by atoms with Gasteiger partial charge in [0.15, 0.2) is 5.60 Å². The first-order chi connectivity index (χ1) is 12.1. The van der Waals surface area contributed by atoms with Crippen LogP contribution in [0.25, 0.3) is 0 Å². The van der Waals surface area contributed by atoms with Gasteiger partial charge in [-0.25, -0.2) is 9.18 Å². The van der Waals surface area contributed by atoms with Crippen molar-refractivity contribution in [1.82, 2.24) is 0 Å². The first kappa shape index (κ1) is 17.9. The average Bonchev–Trinajstić information content (AvgIpc) is 2.55. The maximum Gasteiger partial charge on any atom is 0.419 e. The summed E-state index contributed by atoms with van der Waals surface area (Å²) in [4.78, 5) is 24.6. The van der Waals surface area contributed by atoms with Crippen LogP contribution >= 0.6 is 0 Å². The van der Waals surface area contributed by atoms with Gasteiger partial charge in [-0.15, -0.1) is 0 Å². The third-order valence-electron chi connectivity index (χ3n) is 4.09. The number of halogens is 4. The van der Waals surface area contributed by atoms with Crippen LogP contribution in [-0.4, -0.2) is 17.5 Å². The summed E-state index contributed by atoms with van der Waals surface area (Å²) in [7, 11) is 0. The van der Waals surface area contributed by atoms with Gasteiger partial charge in [-0.2, -0.15) is 13.2 Å². The van der Waals surface area contributed by atoms with Crippen molar-refractivity contribution >= 4 is 17.6 Å². The Hall–Kier alpha value is -2.90. The highest BCUT2D eigenvalue weighted by Gasteiger charge is 2.43. The molecule has 3 rings (SSSR count). The molecule has 1 amide bonds. The zero-order valence-electron chi connectivity index (χ0n) is 13.5. The van der Waals surface area contributed by atoms with E-state index in [0.717, 1.165) is 6.07 Å². The van der Waals surface area contributed by atoms with Gasteiger partial charge < -0.3 is 10.1 Å². The molecule has 0 aromatic heterocycles. The summed E-state index contributed by atoms with van der Waals surface area (Å²) >= 11 is 0. The fraction of sp³-hybridized carbons (Fsp3) is 0.222. The molecule has 0 fully saturated rings. The highest BCUT2D eigenvalue weighted by Crippen LogP contribution is 2.34. The lowest BCUT2D eigenvalue weighted by Crippen LogP contribution is -2.48. The summed E-state index contributed by atoms with van der Waals surface area (Å²) in [6.45, 7) is 1.37. The number of fused-ring (bicyclic) bond motifs is 1. The molecule has 1 unspecified atom stereocenters. The molecule has 0 saturated carbocycles. The molecule has 0 saturated heterocycles. The first-order valence-electron chi connectivity index (χ1n) is 7.59. The standard InChI is InChI=1S/C18H13F4NO3/c1-17(9-10-4-2-3-5-12(10)15(24)26-17)16(25)23-11-6-7-14(19)13(8-11)18(20,21)22/h2-8H,9H2,1H3,(H,23,25). The molecule has 1 heterocycles. The van der Waals surface area contributed by atoms with E-state index in [1.165, 1.54) is 6.92 Å². The minimum absolute atomic E-state index is 0.0636. The third-order valence-corrected chi connectivity index (χ3v) is 4.09. The predicted octanol–water partition coefficient (Wildman–Crippen LogP) is 3.95.